The molecular weight excluding hydrogens is 308 g/mol. The average molecular weight is 324 g/mol. The van der Waals surface area contributed by atoms with Gasteiger partial charge in [0, 0.05) is 4.88 Å². The van der Waals surface area contributed by atoms with Crippen LogP contribution in [-0.2, 0) is 0 Å². The summed E-state index contributed by atoms with van der Waals surface area (Å²) in [5.41, 5.74) is 3.45. The number of benzene rings is 2. The second kappa shape index (κ2) is 6.22. The van der Waals surface area contributed by atoms with Crippen LogP contribution < -0.4 is 5.43 Å². The number of nitrogens with zero attached hydrogens (tertiary/aromatic N) is 1. The minimum absolute atomic E-state index is 0.0546. The van der Waals surface area contributed by atoms with Crippen molar-refractivity contribution in [3.05, 3.63) is 63.8 Å². The van der Waals surface area contributed by atoms with Gasteiger partial charge in [-0.05, 0) is 48.9 Å². The molecule has 3 rings (SSSR count). The third kappa shape index (κ3) is 3.24. The van der Waals surface area contributed by atoms with Crippen molar-refractivity contribution in [3.63, 3.8) is 0 Å². The van der Waals surface area contributed by atoms with E-state index in [2.05, 4.69) is 10.5 Å². The van der Waals surface area contributed by atoms with Crippen molar-refractivity contribution >= 4 is 33.7 Å². The Labute approximate surface area is 138 Å². The SMILES string of the molecule is C/C(=N/NC(=O)c1cc2ccccc2cc1O)c1ccc(C)s1. The van der Waals surface area contributed by atoms with Crippen molar-refractivity contribution in [2.45, 2.75) is 13.8 Å². The van der Waals surface area contributed by atoms with E-state index >= 15 is 0 Å². The maximum absolute atomic E-state index is 12.3. The standard InChI is InChI=1S/C18H16N2O2S/c1-11-7-8-17(23-11)12(2)19-20-18(22)15-9-13-5-3-4-6-14(13)10-16(15)21/h3-10,21H,1-2H3,(H,20,22)/b19-12-. The number of fused-ring (bicyclic) bond motifs is 1. The highest BCUT2D eigenvalue weighted by Crippen LogP contribution is 2.25. The Bertz CT molecular complexity index is 912. The van der Waals surface area contributed by atoms with Gasteiger partial charge in [0.25, 0.3) is 5.91 Å². The predicted molar refractivity (Wildman–Crippen MR) is 94.3 cm³/mol. The molecule has 2 aromatic carbocycles. The fourth-order valence-corrected chi connectivity index (χ4v) is 3.10. The number of aryl methyl sites for hydroxylation is 1. The molecule has 23 heavy (non-hydrogen) atoms. The molecule has 0 radical (unpaired) electrons. The fraction of sp³-hybridized carbons (Fsp3) is 0.111. The molecule has 0 aliphatic heterocycles. The van der Waals surface area contributed by atoms with Crippen LogP contribution in [0.15, 0.2) is 53.6 Å². The molecule has 1 aromatic heterocycles. The largest absolute Gasteiger partial charge is 0.507 e. The third-order valence-electron chi connectivity index (χ3n) is 3.53. The number of carbonyl (C=O) groups excluding carboxylic acids is 1. The normalized spacial score (nSPS) is 11.7. The van der Waals surface area contributed by atoms with E-state index in [0.29, 0.717) is 0 Å². The van der Waals surface area contributed by atoms with E-state index in [1.54, 1.807) is 23.5 Å². The monoisotopic (exact) mass is 324 g/mol. The van der Waals surface area contributed by atoms with Crippen molar-refractivity contribution < 1.29 is 9.90 Å². The number of carbonyl (C=O) groups is 1. The summed E-state index contributed by atoms with van der Waals surface area (Å²) in [4.78, 5) is 14.5. The van der Waals surface area contributed by atoms with Crippen molar-refractivity contribution in [3.8, 4) is 5.75 Å². The maximum atomic E-state index is 12.3. The van der Waals surface area contributed by atoms with E-state index in [-0.39, 0.29) is 11.3 Å². The average Bonchev–Trinajstić information content (AvgIpc) is 2.98. The van der Waals surface area contributed by atoms with Gasteiger partial charge < -0.3 is 5.11 Å². The van der Waals surface area contributed by atoms with Crippen LogP contribution in [-0.4, -0.2) is 16.7 Å². The molecule has 116 valence electrons. The van der Waals surface area contributed by atoms with Gasteiger partial charge in [-0.2, -0.15) is 5.10 Å². The Hall–Kier alpha value is -2.66. The zero-order valence-electron chi connectivity index (χ0n) is 12.8. The van der Waals surface area contributed by atoms with E-state index in [0.717, 1.165) is 21.4 Å². The number of amides is 1. The number of phenolic OH excluding ortho intramolecular Hbond substituents is 1. The molecular formula is C18H16N2O2S. The number of phenols is 1. The van der Waals surface area contributed by atoms with Gasteiger partial charge in [-0.1, -0.05) is 24.3 Å². The smallest absolute Gasteiger partial charge is 0.275 e. The van der Waals surface area contributed by atoms with E-state index in [9.17, 15) is 9.90 Å². The van der Waals surface area contributed by atoms with Crippen LogP contribution in [0.1, 0.15) is 27.0 Å². The van der Waals surface area contributed by atoms with Crippen LogP contribution in [0.25, 0.3) is 10.8 Å². The van der Waals surface area contributed by atoms with Crippen molar-refractivity contribution in [1.29, 1.82) is 0 Å². The quantitative estimate of drug-likeness (QED) is 0.563. The molecule has 2 N–H and O–H groups in total. The predicted octanol–water partition coefficient (Wildman–Crippen LogP) is 4.07. The highest BCUT2D eigenvalue weighted by molar-refractivity contribution is 7.14. The Morgan fingerprint density at radius 1 is 1.13 bits per heavy atom. The fourth-order valence-electron chi connectivity index (χ4n) is 2.29. The lowest BCUT2D eigenvalue weighted by atomic mass is 10.1. The summed E-state index contributed by atoms with van der Waals surface area (Å²) >= 11 is 1.62. The second-order valence-corrected chi connectivity index (χ2v) is 6.55. The topological polar surface area (TPSA) is 61.7 Å². The second-order valence-electron chi connectivity index (χ2n) is 5.26. The number of nitrogens with one attached hydrogen (secondary N) is 1. The molecule has 1 amide bonds. The summed E-state index contributed by atoms with van der Waals surface area (Å²) < 4.78 is 0. The summed E-state index contributed by atoms with van der Waals surface area (Å²) in [5, 5.41) is 16.0. The van der Waals surface area contributed by atoms with E-state index in [4.69, 9.17) is 0 Å². The van der Waals surface area contributed by atoms with Crippen LogP contribution in [0.5, 0.6) is 5.75 Å². The number of hydrogen-bond donors (Lipinski definition) is 2. The van der Waals surface area contributed by atoms with E-state index in [1.165, 1.54) is 4.88 Å². The van der Waals surface area contributed by atoms with Gasteiger partial charge >= 0.3 is 0 Å². The summed E-state index contributed by atoms with van der Waals surface area (Å²) in [6.07, 6.45) is 0. The van der Waals surface area contributed by atoms with Gasteiger partial charge in [0.05, 0.1) is 16.2 Å². The van der Waals surface area contributed by atoms with E-state index < -0.39 is 5.91 Å². The molecule has 0 spiro atoms. The van der Waals surface area contributed by atoms with Gasteiger partial charge in [0.2, 0.25) is 0 Å². The van der Waals surface area contributed by atoms with Gasteiger partial charge in [-0.3, -0.25) is 4.79 Å². The number of hydrogen-bond acceptors (Lipinski definition) is 4. The van der Waals surface area contributed by atoms with Crippen molar-refractivity contribution in [2.75, 3.05) is 0 Å². The molecule has 0 aliphatic rings. The van der Waals surface area contributed by atoms with Crippen LogP contribution >= 0.6 is 11.3 Å². The van der Waals surface area contributed by atoms with Crippen molar-refractivity contribution in [1.82, 2.24) is 5.43 Å². The zero-order chi connectivity index (χ0) is 16.4. The zero-order valence-corrected chi connectivity index (χ0v) is 13.6. The maximum Gasteiger partial charge on any atom is 0.275 e. The molecule has 4 nitrogen and oxygen atoms in total. The Morgan fingerprint density at radius 3 is 2.48 bits per heavy atom. The van der Waals surface area contributed by atoms with Crippen LogP contribution in [0.3, 0.4) is 0 Å². The molecule has 0 bridgehead atoms. The highest BCUT2D eigenvalue weighted by Gasteiger charge is 2.12. The van der Waals surface area contributed by atoms with E-state index in [1.807, 2.05) is 50.2 Å². The molecule has 0 saturated carbocycles. The van der Waals surface area contributed by atoms with Gasteiger partial charge in [-0.25, -0.2) is 5.43 Å². The lowest BCUT2D eigenvalue weighted by molar-refractivity contribution is 0.0952. The molecule has 0 aliphatic carbocycles. The summed E-state index contributed by atoms with van der Waals surface area (Å²) in [6, 6.07) is 14.8. The summed E-state index contributed by atoms with van der Waals surface area (Å²) in [6.45, 7) is 3.86. The van der Waals surface area contributed by atoms with Gasteiger partial charge in [0.1, 0.15) is 5.75 Å². The molecule has 0 atom stereocenters. The number of hydrazone groups is 1. The lowest BCUT2D eigenvalue weighted by Gasteiger charge is -2.06. The first-order chi connectivity index (χ1) is 11.0. The van der Waals surface area contributed by atoms with Gasteiger partial charge in [0.15, 0.2) is 0 Å². The molecule has 0 fully saturated rings. The number of thiophene rings is 1. The minimum Gasteiger partial charge on any atom is -0.507 e. The van der Waals surface area contributed by atoms with Crippen LogP contribution in [0.2, 0.25) is 0 Å². The third-order valence-corrected chi connectivity index (χ3v) is 4.64. The van der Waals surface area contributed by atoms with Crippen LogP contribution in [0, 0.1) is 6.92 Å². The first-order valence-corrected chi connectivity index (χ1v) is 7.99. The van der Waals surface area contributed by atoms with Crippen molar-refractivity contribution in [2.24, 2.45) is 5.10 Å². The summed E-state index contributed by atoms with van der Waals surface area (Å²) in [5.74, 6) is -0.484. The van der Waals surface area contributed by atoms with Crippen LogP contribution in [0.4, 0.5) is 0 Å². The molecule has 0 unspecified atom stereocenters. The number of aromatic hydroxyl groups is 1. The molecule has 3 aromatic rings. The molecule has 5 heteroatoms. The Kier molecular flexibility index (Phi) is 4.12. The highest BCUT2D eigenvalue weighted by atomic mass is 32.1. The Balaban J connectivity index is 1.84. The molecule has 1 heterocycles. The summed E-state index contributed by atoms with van der Waals surface area (Å²) in [7, 11) is 0. The Morgan fingerprint density at radius 2 is 1.83 bits per heavy atom. The minimum atomic E-state index is -0.430. The first-order valence-electron chi connectivity index (χ1n) is 7.18. The number of rotatable bonds is 3. The first kappa shape index (κ1) is 15.2. The lowest BCUT2D eigenvalue weighted by Crippen LogP contribution is -2.19. The molecule has 0 saturated heterocycles. The van der Waals surface area contributed by atoms with Gasteiger partial charge in [-0.15, -0.1) is 11.3 Å².